The van der Waals surface area contributed by atoms with Crippen molar-refractivity contribution in [3.8, 4) is 0 Å². The van der Waals surface area contributed by atoms with Crippen LogP contribution < -0.4 is 4.72 Å². The van der Waals surface area contributed by atoms with E-state index in [0.29, 0.717) is 4.90 Å². The maximum atomic E-state index is 11.5. The molecule has 0 fully saturated rings. The van der Waals surface area contributed by atoms with Crippen LogP contribution in [0.15, 0.2) is 23.1 Å². The molecule has 0 saturated carbocycles. The van der Waals surface area contributed by atoms with Gasteiger partial charge in [-0.15, -0.1) is 0 Å². The number of halogens is 1. The lowest BCUT2D eigenvalue weighted by molar-refractivity contribution is 0.587. The number of rotatable bonds is 3. The average molecular weight is 325 g/mol. The highest BCUT2D eigenvalue weighted by Gasteiger charge is 2.14. The molecule has 5 heteroatoms. The van der Waals surface area contributed by atoms with Crippen molar-refractivity contribution in [1.82, 2.24) is 4.72 Å². The van der Waals surface area contributed by atoms with Gasteiger partial charge in [-0.1, -0.05) is 13.0 Å². The molecule has 1 N–H and O–H groups in total. The van der Waals surface area contributed by atoms with E-state index in [1.807, 2.05) is 41.6 Å². The summed E-state index contributed by atoms with van der Waals surface area (Å²) in [6, 6.07) is 5.38. The van der Waals surface area contributed by atoms with Gasteiger partial charge in [0.2, 0.25) is 10.0 Å². The molecular formula is C9H12INO2S. The van der Waals surface area contributed by atoms with Crippen molar-refractivity contribution in [3.63, 3.8) is 0 Å². The molecule has 0 heterocycles. The first-order chi connectivity index (χ1) is 6.51. The van der Waals surface area contributed by atoms with E-state index in [-0.39, 0.29) is 0 Å². The van der Waals surface area contributed by atoms with E-state index >= 15 is 0 Å². The quantitative estimate of drug-likeness (QED) is 0.861. The molecule has 0 atom stereocenters. The zero-order valence-corrected chi connectivity index (χ0v) is 11.0. The standard InChI is InChI=1S/C9H12INO2S/c1-3-7-4-5-9(8(10)6-7)14(12,13)11-2/h4-6,11H,3H2,1-2H3. The second kappa shape index (κ2) is 4.59. The van der Waals surface area contributed by atoms with Gasteiger partial charge in [0.15, 0.2) is 0 Å². The highest BCUT2D eigenvalue weighted by Crippen LogP contribution is 2.19. The second-order valence-electron chi connectivity index (χ2n) is 2.83. The molecule has 0 aromatic heterocycles. The van der Waals surface area contributed by atoms with Gasteiger partial charge in [0.25, 0.3) is 0 Å². The number of nitrogens with one attached hydrogen (secondary N) is 1. The summed E-state index contributed by atoms with van der Waals surface area (Å²) in [6.45, 7) is 2.04. The zero-order valence-electron chi connectivity index (χ0n) is 8.04. The van der Waals surface area contributed by atoms with Gasteiger partial charge < -0.3 is 0 Å². The van der Waals surface area contributed by atoms with Crippen LogP contribution in [0.2, 0.25) is 0 Å². The third kappa shape index (κ3) is 2.46. The smallest absolute Gasteiger partial charge is 0.214 e. The molecule has 14 heavy (non-hydrogen) atoms. The average Bonchev–Trinajstić information content (AvgIpc) is 2.17. The van der Waals surface area contributed by atoms with Crippen molar-refractivity contribution in [2.45, 2.75) is 18.2 Å². The zero-order chi connectivity index (χ0) is 10.8. The van der Waals surface area contributed by atoms with Gasteiger partial charge in [-0.25, -0.2) is 13.1 Å². The van der Waals surface area contributed by atoms with Gasteiger partial charge in [0, 0.05) is 3.57 Å². The molecule has 0 amide bonds. The van der Waals surface area contributed by atoms with Crippen LogP contribution in [0.1, 0.15) is 12.5 Å². The predicted octanol–water partition coefficient (Wildman–Crippen LogP) is 1.76. The minimum absolute atomic E-state index is 0.345. The number of hydrogen-bond donors (Lipinski definition) is 1. The molecule has 1 aromatic carbocycles. The Balaban J connectivity index is 3.26. The van der Waals surface area contributed by atoms with Crippen LogP contribution in [0.5, 0.6) is 0 Å². The third-order valence-electron chi connectivity index (χ3n) is 1.96. The van der Waals surface area contributed by atoms with Crippen molar-refractivity contribution in [3.05, 3.63) is 27.3 Å². The SMILES string of the molecule is CCc1ccc(S(=O)(=O)NC)c(I)c1. The molecule has 0 radical (unpaired) electrons. The maximum absolute atomic E-state index is 11.5. The van der Waals surface area contributed by atoms with Gasteiger partial charge >= 0.3 is 0 Å². The van der Waals surface area contributed by atoms with E-state index in [2.05, 4.69) is 4.72 Å². The molecule has 0 spiro atoms. The van der Waals surface area contributed by atoms with Crippen molar-refractivity contribution in [2.75, 3.05) is 7.05 Å². The summed E-state index contributed by atoms with van der Waals surface area (Å²) >= 11 is 2.04. The van der Waals surface area contributed by atoms with Crippen molar-refractivity contribution in [2.24, 2.45) is 0 Å². The number of sulfonamides is 1. The van der Waals surface area contributed by atoms with Gasteiger partial charge in [0.05, 0.1) is 4.90 Å². The maximum Gasteiger partial charge on any atom is 0.241 e. The normalized spacial score (nSPS) is 11.6. The topological polar surface area (TPSA) is 46.2 Å². The van der Waals surface area contributed by atoms with E-state index in [4.69, 9.17) is 0 Å². The molecule has 0 saturated heterocycles. The summed E-state index contributed by atoms with van der Waals surface area (Å²) in [7, 11) is -1.90. The molecule has 0 aliphatic rings. The van der Waals surface area contributed by atoms with Gasteiger partial charge in [-0.2, -0.15) is 0 Å². The van der Waals surface area contributed by atoms with Crippen LogP contribution in [-0.4, -0.2) is 15.5 Å². The fraction of sp³-hybridized carbons (Fsp3) is 0.333. The lowest BCUT2D eigenvalue weighted by Crippen LogP contribution is -2.19. The van der Waals surface area contributed by atoms with Crippen LogP contribution >= 0.6 is 22.6 Å². The Morgan fingerprint density at radius 2 is 2.07 bits per heavy atom. The lowest BCUT2D eigenvalue weighted by Gasteiger charge is -2.06. The van der Waals surface area contributed by atoms with Crippen LogP contribution in [0.25, 0.3) is 0 Å². The number of aryl methyl sites for hydroxylation is 1. The van der Waals surface area contributed by atoms with Gasteiger partial charge in [-0.05, 0) is 53.8 Å². The molecule has 0 aliphatic carbocycles. The first kappa shape index (κ1) is 11.9. The highest BCUT2D eigenvalue weighted by atomic mass is 127. The summed E-state index contributed by atoms with van der Waals surface area (Å²) in [5.74, 6) is 0. The first-order valence-corrected chi connectivity index (χ1v) is 6.79. The monoisotopic (exact) mass is 325 g/mol. The summed E-state index contributed by atoms with van der Waals surface area (Å²) in [4.78, 5) is 0.345. The van der Waals surface area contributed by atoms with Crippen molar-refractivity contribution < 1.29 is 8.42 Å². The summed E-state index contributed by atoms with van der Waals surface area (Å²) in [5.41, 5.74) is 1.14. The van der Waals surface area contributed by atoms with Crippen molar-refractivity contribution >= 4 is 32.6 Å². The first-order valence-electron chi connectivity index (χ1n) is 4.23. The van der Waals surface area contributed by atoms with Crippen molar-refractivity contribution in [1.29, 1.82) is 0 Å². The van der Waals surface area contributed by atoms with E-state index in [9.17, 15) is 8.42 Å². The van der Waals surface area contributed by atoms with Gasteiger partial charge in [-0.3, -0.25) is 0 Å². The molecule has 78 valence electrons. The van der Waals surface area contributed by atoms with Gasteiger partial charge in [0.1, 0.15) is 0 Å². The predicted molar refractivity (Wildman–Crippen MR) is 64.8 cm³/mol. The Morgan fingerprint density at radius 1 is 1.43 bits per heavy atom. The van der Waals surface area contributed by atoms with Crippen LogP contribution in [0, 0.1) is 3.57 Å². The minimum Gasteiger partial charge on any atom is -0.214 e. The summed E-state index contributed by atoms with van der Waals surface area (Å²) in [6.07, 6.45) is 0.913. The Kier molecular flexibility index (Phi) is 3.91. The fourth-order valence-electron chi connectivity index (χ4n) is 1.09. The molecular weight excluding hydrogens is 313 g/mol. The fourth-order valence-corrected chi connectivity index (χ4v) is 3.32. The Hall–Kier alpha value is -0.140. The summed E-state index contributed by atoms with van der Waals surface area (Å²) < 4.78 is 26.1. The van der Waals surface area contributed by atoms with E-state index in [0.717, 1.165) is 15.6 Å². The van der Waals surface area contributed by atoms with Crippen LogP contribution in [-0.2, 0) is 16.4 Å². The van der Waals surface area contributed by atoms with E-state index in [1.165, 1.54) is 7.05 Å². The molecule has 0 bridgehead atoms. The Labute approximate surface area is 98.1 Å². The van der Waals surface area contributed by atoms with E-state index in [1.54, 1.807) is 6.07 Å². The number of hydrogen-bond acceptors (Lipinski definition) is 2. The third-order valence-corrected chi connectivity index (χ3v) is 4.69. The van der Waals surface area contributed by atoms with E-state index < -0.39 is 10.0 Å². The molecule has 0 unspecified atom stereocenters. The Morgan fingerprint density at radius 3 is 2.50 bits per heavy atom. The molecule has 1 rings (SSSR count). The second-order valence-corrected chi connectivity index (χ2v) is 5.84. The molecule has 1 aromatic rings. The molecule has 3 nitrogen and oxygen atoms in total. The summed E-state index contributed by atoms with van der Waals surface area (Å²) in [5, 5.41) is 0. The largest absolute Gasteiger partial charge is 0.241 e. The Bertz CT molecular complexity index is 428. The van der Waals surface area contributed by atoms with Crippen LogP contribution in [0.4, 0.5) is 0 Å². The number of benzene rings is 1. The lowest BCUT2D eigenvalue weighted by atomic mass is 10.2. The molecule has 0 aliphatic heterocycles. The minimum atomic E-state index is -3.31. The highest BCUT2D eigenvalue weighted by molar-refractivity contribution is 14.1. The van der Waals surface area contributed by atoms with Crippen LogP contribution in [0.3, 0.4) is 0 Å².